The monoisotopic (exact) mass is 488 g/mol. The summed E-state index contributed by atoms with van der Waals surface area (Å²) < 4.78 is 30.6. The fourth-order valence-corrected chi connectivity index (χ4v) is 6.21. The molecule has 0 radical (unpaired) electrons. The highest BCUT2D eigenvalue weighted by molar-refractivity contribution is 7.90. The van der Waals surface area contributed by atoms with Gasteiger partial charge < -0.3 is 14.6 Å². The maximum absolute atomic E-state index is 13.1. The van der Waals surface area contributed by atoms with Gasteiger partial charge in [-0.2, -0.15) is 0 Å². The summed E-state index contributed by atoms with van der Waals surface area (Å²) in [4.78, 5) is 18.6. The van der Waals surface area contributed by atoms with Gasteiger partial charge in [0.2, 0.25) is 0 Å². The highest BCUT2D eigenvalue weighted by Gasteiger charge is 2.26. The lowest BCUT2D eigenvalue weighted by atomic mass is 9.89. The molecule has 0 unspecified atom stereocenters. The van der Waals surface area contributed by atoms with Gasteiger partial charge in [0.25, 0.3) is 5.91 Å². The van der Waals surface area contributed by atoms with Crippen LogP contribution >= 0.6 is 0 Å². The largest absolute Gasteiger partial charge is 0.497 e. The normalized spacial score (nSPS) is 14.8. The van der Waals surface area contributed by atoms with Crippen LogP contribution in [0.15, 0.2) is 83.9 Å². The first-order chi connectivity index (χ1) is 16.9. The molecule has 4 aromatic rings. The van der Waals surface area contributed by atoms with E-state index in [2.05, 4.69) is 17.2 Å². The molecule has 1 amide bonds. The molecule has 1 aromatic heterocycles. The molecule has 3 aromatic carbocycles. The number of sulfone groups is 1. The number of likely N-dealkylation sites (tertiary alicyclic amines) is 1. The van der Waals surface area contributed by atoms with E-state index >= 15 is 0 Å². The summed E-state index contributed by atoms with van der Waals surface area (Å²) in [6.07, 6.45) is 3.86. The second-order valence-electron chi connectivity index (χ2n) is 8.99. The van der Waals surface area contributed by atoms with E-state index < -0.39 is 9.84 Å². The molecule has 6 nitrogen and oxygen atoms in total. The Morgan fingerprint density at radius 1 is 1.00 bits per heavy atom. The Bertz CT molecular complexity index is 1440. The van der Waals surface area contributed by atoms with E-state index in [9.17, 15) is 13.2 Å². The first-order valence-electron chi connectivity index (χ1n) is 11.8. The zero-order chi connectivity index (χ0) is 24.4. The average molecular weight is 489 g/mol. The number of H-pyrrole nitrogens is 1. The van der Waals surface area contributed by atoms with Crippen LogP contribution in [0.2, 0.25) is 0 Å². The van der Waals surface area contributed by atoms with E-state index in [0.717, 1.165) is 24.1 Å². The second-order valence-corrected chi connectivity index (χ2v) is 11.0. The number of benzene rings is 3. The van der Waals surface area contributed by atoms with E-state index in [0.29, 0.717) is 35.0 Å². The molecule has 1 aliphatic rings. The number of hydrogen-bond donors (Lipinski definition) is 1. The van der Waals surface area contributed by atoms with Crippen LogP contribution in [-0.2, 0) is 15.6 Å². The topological polar surface area (TPSA) is 79.5 Å². The van der Waals surface area contributed by atoms with Gasteiger partial charge >= 0.3 is 0 Å². The molecule has 35 heavy (non-hydrogen) atoms. The summed E-state index contributed by atoms with van der Waals surface area (Å²) in [6.45, 7) is 1.37. The summed E-state index contributed by atoms with van der Waals surface area (Å²) in [5, 5.41) is 1.18. The summed E-state index contributed by atoms with van der Waals surface area (Å²) >= 11 is 0. The third-order valence-electron chi connectivity index (χ3n) is 6.80. The van der Waals surface area contributed by atoms with Gasteiger partial charge in [-0.3, -0.25) is 4.79 Å². The molecule has 0 bridgehead atoms. The predicted molar refractivity (Wildman–Crippen MR) is 137 cm³/mol. The molecule has 7 heteroatoms. The third-order valence-corrected chi connectivity index (χ3v) is 8.51. The van der Waals surface area contributed by atoms with Crippen LogP contribution in [0.4, 0.5) is 0 Å². The van der Waals surface area contributed by atoms with Gasteiger partial charge in [0.05, 0.1) is 17.8 Å². The van der Waals surface area contributed by atoms with Gasteiger partial charge in [-0.15, -0.1) is 0 Å². The Labute approximate surface area is 205 Å². The number of nitrogens with one attached hydrogen (secondary N) is 1. The quantitative estimate of drug-likeness (QED) is 0.406. The van der Waals surface area contributed by atoms with Crippen molar-refractivity contribution in [3.8, 4) is 5.75 Å². The van der Waals surface area contributed by atoms with Crippen LogP contribution in [0.25, 0.3) is 10.9 Å². The van der Waals surface area contributed by atoms with Crippen molar-refractivity contribution in [2.45, 2.75) is 29.4 Å². The van der Waals surface area contributed by atoms with Crippen molar-refractivity contribution in [2.75, 3.05) is 20.2 Å². The van der Waals surface area contributed by atoms with E-state index in [1.807, 2.05) is 17.0 Å². The molecule has 180 valence electrons. The number of aromatic amines is 1. The van der Waals surface area contributed by atoms with E-state index in [1.165, 1.54) is 10.9 Å². The van der Waals surface area contributed by atoms with E-state index in [4.69, 9.17) is 4.74 Å². The van der Waals surface area contributed by atoms with Crippen LogP contribution in [0, 0.1) is 0 Å². The number of piperidine rings is 1. The summed E-state index contributed by atoms with van der Waals surface area (Å²) in [7, 11) is -1.75. The predicted octanol–water partition coefficient (Wildman–Crippen LogP) is 5.17. The minimum atomic E-state index is -3.42. The fourth-order valence-electron chi connectivity index (χ4n) is 4.84. The number of carbonyl (C=O) groups is 1. The van der Waals surface area contributed by atoms with Gasteiger partial charge in [0.1, 0.15) is 5.75 Å². The maximum Gasteiger partial charge on any atom is 0.253 e. The Morgan fingerprint density at radius 2 is 1.71 bits per heavy atom. The van der Waals surface area contributed by atoms with Gasteiger partial charge in [0.15, 0.2) is 9.84 Å². The van der Waals surface area contributed by atoms with Crippen LogP contribution in [0.1, 0.15) is 40.2 Å². The van der Waals surface area contributed by atoms with Crippen LogP contribution < -0.4 is 4.74 Å². The Kier molecular flexibility index (Phi) is 6.34. The summed E-state index contributed by atoms with van der Waals surface area (Å²) in [5.74, 6) is 1.12. The molecule has 1 aliphatic heterocycles. The van der Waals surface area contributed by atoms with Crippen molar-refractivity contribution in [1.82, 2.24) is 9.88 Å². The Morgan fingerprint density at radius 3 is 2.40 bits per heavy atom. The number of carbonyl (C=O) groups excluding carboxylic acids is 1. The van der Waals surface area contributed by atoms with Gasteiger partial charge in [-0.1, -0.05) is 30.3 Å². The van der Waals surface area contributed by atoms with Crippen molar-refractivity contribution in [3.63, 3.8) is 0 Å². The molecule has 0 saturated carbocycles. The molecule has 0 aliphatic carbocycles. The highest BCUT2D eigenvalue weighted by Crippen LogP contribution is 2.35. The molecular weight excluding hydrogens is 460 g/mol. The lowest BCUT2D eigenvalue weighted by Crippen LogP contribution is -2.37. The van der Waals surface area contributed by atoms with Gasteiger partial charge in [-0.25, -0.2) is 8.42 Å². The van der Waals surface area contributed by atoms with Gasteiger partial charge in [-0.05, 0) is 72.4 Å². The third kappa shape index (κ3) is 4.82. The molecule has 0 spiro atoms. The SMILES string of the molecule is COc1ccc2[nH]cc(C3CCN(C(=O)c4ccc(CS(=O)(=O)c5ccccc5)cc4)CC3)c2c1. The zero-order valence-electron chi connectivity index (χ0n) is 19.6. The molecule has 2 heterocycles. The van der Waals surface area contributed by atoms with Crippen LogP contribution in [0.3, 0.4) is 0 Å². The average Bonchev–Trinajstić information content (AvgIpc) is 3.32. The lowest BCUT2D eigenvalue weighted by Gasteiger charge is -2.32. The Balaban J connectivity index is 1.23. The number of nitrogens with zero attached hydrogens (tertiary/aromatic N) is 1. The van der Waals surface area contributed by atoms with Crippen molar-refractivity contribution in [3.05, 3.63) is 95.7 Å². The molecule has 1 N–H and O–H groups in total. The lowest BCUT2D eigenvalue weighted by molar-refractivity contribution is 0.0713. The van der Waals surface area contributed by atoms with Gasteiger partial charge in [0, 0.05) is 35.8 Å². The van der Waals surface area contributed by atoms with Crippen molar-refractivity contribution < 1.29 is 17.9 Å². The number of fused-ring (bicyclic) bond motifs is 1. The maximum atomic E-state index is 13.1. The minimum Gasteiger partial charge on any atom is -0.497 e. The number of ether oxygens (including phenoxy) is 1. The minimum absolute atomic E-state index is 0.0125. The van der Waals surface area contributed by atoms with Crippen molar-refractivity contribution in [1.29, 1.82) is 0 Å². The standard InChI is InChI=1S/C28H28N2O4S/c1-34-23-11-12-27-25(17-23)26(18-29-27)21-13-15-30(16-14-21)28(31)22-9-7-20(8-10-22)19-35(32,33)24-5-3-2-4-6-24/h2-12,17-18,21,29H,13-16,19H2,1H3. The van der Waals surface area contributed by atoms with Crippen molar-refractivity contribution >= 4 is 26.6 Å². The van der Waals surface area contributed by atoms with Crippen LogP contribution in [0.5, 0.6) is 5.75 Å². The smallest absolute Gasteiger partial charge is 0.253 e. The number of amides is 1. The fraction of sp³-hybridized carbons (Fsp3) is 0.250. The number of hydrogen-bond acceptors (Lipinski definition) is 4. The summed E-state index contributed by atoms with van der Waals surface area (Å²) in [6, 6.07) is 21.4. The Hall–Kier alpha value is -3.58. The molecule has 0 atom stereocenters. The molecule has 1 fully saturated rings. The first-order valence-corrected chi connectivity index (χ1v) is 13.4. The summed E-state index contributed by atoms with van der Waals surface area (Å²) in [5.41, 5.74) is 3.61. The number of rotatable bonds is 6. The van der Waals surface area contributed by atoms with E-state index in [-0.39, 0.29) is 11.7 Å². The van der Waals surface area contributed by atoms with Crippen molar-refractivity contribution in [2.24, 2.45) is 0 Å². The highest BCUT2D eigenvalue weighted by atomic mass is 32.2. The zero-order valence-corrected chi connectivity index (χ0v) is 20.4. The number of aromatic nitrogens is 1. The van der Waals surface area contributed by atoms with Crippen LogP contribution in [-0.4, -0.2) is 44.4 Å². The van der Waals surface area contributed by atoms with E-state index in [1.54, 1.807) is 61.7 Å². The number of methoxy groups -OCH3 is 1. The molecular formula is C28H28N2O4S. The molecule has 5 rings (SSSR count). The first kappa shape index (κ1) is 23.2. The molecule has 1 saturated heterocycles. The second kappa shape index (κ2) is 9.58.